The van der Waals surface area contributed by atoms with Crippen molar-refractivity contribution in [2.45, 2.75) is 55.6 Å². The first-order valence-electron chi connectivity index (χ1n) is 13.9. The Labute approximate surface area is 245 Å². The van der Waals surface area contributed by atoms with Crippen molar-refractivity contribution >= 4 is 21.5 Å². The fraction of sp³-hybridized carbons (Fsp3) is 0.281. The number of ketones is 1. The molecule has 0 saturated heterocycles. The minimum atomic E-state index is -3.96. The van der Waals surface area contributed by atoms with Crippen molar-refractivity contribution in [3.63, 3.8) is 0 Å². The van der Waals surface area contributed by atoms with E-state index in [1.165, 1.54) is 24.3 Å². The van der Waals surface area contributed by atoms with E-state index in [1.54, 1.807) is 31.6 Å². The van der Waals surface area contributed by atoms with Gasteiger partial charge in [0.05, 0.1) is 29.6 Å². The van der Waals surface area contributed by atoms with Gasteiger partial charge in [0.15, 0.2) is 15.6 Å². The van der Waals surface area contributed by atoms with Crippen LogP contribution in [-0.2, 0) is 28.6 Å². The number of amides is 1. The number of hydrogen-bond acceptors (Lipinski definition) is 7. The standard InChI is InChI=1S/C32H33N3O6S/c1-22(36)18-34-32(38)24-9-5-10-25(17-24)42(39,40)20-28-26-11-6-12-29(37)27(26)13-14-30(28)41-31(19-35-16-15-33-21-35)23-7-3-2-4-8-23/h2-5,7-10,13-17,21-22,31,36H,6,11-12,18-20H2,1H3,(H,34,38)/t22-,31-/m1/s1. The van der Waals surface area contributed by atoms with Crippen molar-refractivity contribution in [2.24, 2.45) is 0 Å². The molecule has 4 aromatic rings. The molecule has 3 aromatic carbocycles. The van der Waals surface area contributed by atoms with Gasteiger partial charge in [-0.25, -0.2) is 13.4 Å². The third-order valence-electron chi connectivity index (χ3n) is 7.24. The molecule has 1 aliphatic rings. The number of nitrogens with one attached hydrogen (secondary N) is 1. The molecule has 0 bridgehead atoms. The third-order valence-corrected chi connectivity index (χ3v) is 8.88. The van der Waals surface area contributed by atoms with Crippen LogP contribution in [0.1, 0.15) is 63.3 Å². The van der Waals surface area contributed by atoms with Crippen LogP contribution < -0.4 is 10.1 Å². The summed E-state index contributed by atoms with van der Waals surface area (Å²) in [5, 5.41) is 12.1. The molecular weight excluding hydrogens is 554 g/mol. The summed E-state index contributed by atoms with van der Waals surface area (Å²) in [4.78, 5) is 29.5. The lowest BCUT2D eigenvalue weighted by Gasteiger charge is -2.26. The molecule has 10 heteroatoms. The molecule has 5 rings (SSSR count). The summed E-state index contributed by atoms with van der Waals surface area (Å²) in [5.41, 5.74) is 2.74. The minimum Gasteiger partial charge on any atom is -0.484 e. The van der Waals surface area contributed by atoms with Crippen molar-refractivity contribution < 1.29 is 27.9 Å². The van der Waals surface area contributed by atoms with Gasteiger partial charge in [0.2, 0.25) is 0 Å². The molecular formula is C32H33N3O6S. The maximum atomic E-state index is 13.8. The second kappa shape index (κ2) is 12.7. The van der Waals surface area contributed by atoms with Gasteiger partial charge in [-0.1, -0.05) is 36.4 Å². The van der Waals surface area contributed by atoms with Gasteiger partial charge in [0.25, 0.3) is 5.91 Å². The lowest BCUT2D eigenvalue weighted by Crippen LogP contribution is -2.30. The Morgan fingerprint density at radius 2 is 1.90 bits per heavy atom. The normalized spacial score (nSPS) is 14.6. The molecule has 1 heterocycles. The fourth-order valence-electron chi connectivity index (χ4n) is 5.11. The zero-order chi connectivity index (χ0) is 29.7. The molecule has 1 amide bonds. The van der Waals surface area contributed by atoms with Crippen molar-refractivity contribution in [3.8, 4) is 5.75 Å². The number of hydrogen-bond donors (Lipinski definition) is 2. The van der Waals surface area contributed by atoms with E-state index < -0.39 is 33.7 Å². The van der Waals surface area contributed by atoms with Crippen LogP contribution in [-0.4, -0.2) is 47.4 Å². The summed E-state index contributed by atoms with van der Waals surface area (Å²) in [6, 6.07) is 18.9. The Balaban J connectivity index is 1.52. The van der Waals surface area contributed by atoms with Gasteiger partial charge in [-0.05, 0) is 61.2 Å². The highest BCUT2D eigenvalue weighted by Gasteiger charge is 2.28. The van der Waals surface area contributed by atoms with Gasteiger partial charge >= 0.3 is 0 Å². The molecule has 0 spiro atoms. The van der Waals surface area contributed by atoms with E-state index >= 15 is 0 Å². The molecule has 42 heavy (non-hydrogen) atoms. The molecule has 2 N–H and O–H groups in total. The number of aliphatic hydroxyl groups is 1. The number of rotatable bonds is 11. The smallest absolute Gasteiger partial charge is 0.251 e. The highest BCUT2D eigenvalue weighted by atomic mass is 32.2. The van der Waals surface area contributed by atoms with E-state index in [4.69, 9.17) is 4.74 Å². The van der Waals surface area contributed by atoms with Gasteiger partial charge in [-0.3, -0.25) is 9.59 Å². The Hall–Kier alpha value is -4.28. The van der Waals surface area contributed by atoms with Crippen LogP contribution in [0.3, 0.4) is 0 Å². The summed E-state index contributed by atoms with van der Waals surface area (Å²) in [5.74, 6) is -0.502. The van der Waals surface area contributed by atoms with E-state index in [9.17, 15) is 23.1 Å². The molecule has 0 radical (unpaired) electrons. The number of sulfone groups is 1. The number of fused-ring (bicyclic) bond motifs is 1. The van der Waals surface area contributed by atoms with Gasteiger partial charge in [-0.15, -0.1) is 0 Å². The van der Waals surface area contributed by atoms with E-state index in [-0.39, 0.29) is 22.8 Å². The highest BCUT2D eigenvalue weighted by Crippen LogP contribution is 2.36. The number of aromatic nitrogens is 2. The van der Waals surface area contributed by atoms with E-state index in [1.807, 2.05) is 41.1 Å². The number of nitrogens with zero attached hydrogens (tertiary/aromatic N) is 2. The number of ether oxygens (including phenoxy) is 1. The van der Waals surface area contributed by atoms with Gasteiger partial charge < -0.3 is 19.7 Å². The topological polar surface area (TPSA) is 128 Å². The first-order chi connectivity index (χ1) is 20.2. The zero-order valence-electron chi connectivity index (χ0n) is 23.3. The average molecular weight is 588 g/mol. The first-order valence-corrected chi connectivity index (χ1v) is 15.5. The average Bonchev–Trinajstić information content (AvgIpc) is 3.50. The number of aliphatic hydroxyl groups excluding tert-OH is 1. The van der Waals surface area contributed by atoms with Crippen LogP contribution in [0.2, 0.25) is 0 Å². The molecule has 0 unspecified atom stereocenters. The van der Waals surface area contributed by atoms with Gasteiger partial charge in [-0.2, -0.15) is 0 Å². The second-order valence-electron chi connectivity index (χ2n) is 10.5. The predicted octanol–water partition coefficient (Wildman–Crippen LogP) is 4.31. The van der Waals surface area contributed by atoms with Crippen LogP contribution in [0.25, 0.3) is 0 Å². The summed E-state index contributed by atoms with van der Waals surface area (Å²) < 4.78 is 36.2. The molecule has 1 aromatic heterocycles. The summed E-state index contributed by atoms with van der Waals surface area (Å²) in [6.07, 6.45) is 5.61. The molecule has 0 aliphatic heterocycles. The molecule has 9 nitrogen and oxygen atoms in total. The number of imidazole rings is 1. The predicted molar refractivity (Wildman–Crippen MR) is 157 cm³/mol. The van der Waals surface area contributed by atoms with Crippen LogP contribution in [0.4, 0.5) is 0 Å². The first kappa shape index (κ1) is 29.2. The van der Waals surface area contributed by atoms with E-state index in [0.717, 1.165) is 5.56 Å². The second-order valence-corrected chi connectivity index (χ2v) is 12.5. The van der Waals surface area contributed by atoms with Crippen LogP contribution >= 0.6 is 0 Å². The van der Waals surface area contributed by atoms with Crippen molar-refractivity contribution in [2.75, 3.05) is 6.54 Å². The van der Waals surface area contributed by atoms with Crippen molar-refractivity contribution in [3.05, 3.63) is 113 Å². The monoisotopic (exact) mass is 587 g/mol. The van der Waals surface area contributed by atoms with Crippen LogP contribution in [0.15, 0.2) is 90.3 Å². The fourth-order valence-corrected chi connectivity index (χ4v) is 6.57. The molecule has 218 valence electrons. The molecule has 1 aliphatic carbocycles. The van der Waals surface area contributed by atoms with Gasteiger partial charge in [0.1, 0.15) is 11.9 Å². The molecule has 0 saturated carbocycles. The highest BCUT2D eigenvalue weighted by molar-refractivity contribution is 7.90. The SMILES string of the molecule is C[C@@H](O)CNC(=O)c1cccc(S(=O)(=O)Cc2c(O[C@H](Cn3ccnc3)c3ccccc3)ccc3c2CCCC3=O)c1. The largest absolute Gasteiger partial charge is 0.484 e. The third kappa shape index (κ3) is 6.78. The maximum Gasteiger partial charge on any atom is 0.251 e. The lowest BCUT2D eigenvalue weighted by molar-refractivity contribution is 0.0923. The Bertz CT molecular complexity index is 1670. The quantitative estimate of drug-likeness (QED) is 0.268. The van der Waals surface area contributed by atoms with E-state index in [2.05, 4.69) is 10.3 Å². The Morgan fingerprint density at radius 1 is 1.10 bits per heavy atom. The zero-order valence-corrected chi connectivity index (χ0v) is 24.1. The number of benzene rings is 3. The lowest BCUT2D eigenvalue weighted by atomic mass is 9.87. The summed E-state index contributed by atoms with van der Waals surface area (Å²) in [7, 11) is -3.96. The van der Waals surface area contributed by atoms with Crippen molar-refractivity contribution in [1.29, 1.82) is 0 Å². The van der Waals surface area contributed by atoms with Crippen LogP contribution in [0, 0.1) is 0 Å². The number of Topliss-reactive ketones (excluding diaryl/α,β-unsaturated/α-hetero) is 1. The summed E-state index contributed by atoms with van der Waals surface area (Å²) >= 11 is 0. The molecule has 2 atom stereocenters. The van der Waals surface area contributed by atoms with Crippen LogP contribution in [0.5, 0.6) is 5.75 Å². The Kier molecular flexibility index (Phi) is 8.84. The number of carbonyl (C=O) groups is 2. The number of carbonyl (C=O) groups excluding carboxylic acids is 2. The maximum absolute atomic E-state index is 13.8. The Morgan fingerprint density at radius 3 is 2.64 bits per heavy atom. The van der Waals surface area contributed by atoms with E-state index in [0.29, 0.717) is 48.2 Å². The summed E-state index contributed by atoms with van der Waals surface area (Å²) in [6.45, 7) is 2.03. The van der Waals surface area contributed by atoms with Gasteiger partial charge in [0, 0.05) is 42.0 Å². The molecule has 0 fully saturated rings. The minimum absolute atomic E-state index is 0.0174. The van der Waals surface area contributed by atoms with Crippen molar-refractivity contribution in [1.82, 2.24) is 14.9 Å².